The molecule has 1 aromatic carbocycles. The van der Waals surface area contributed by atoms with Crippen molar-refractivity contribution in [2.45, 2.75) is 33.6 Å². The van der Waals surface area contributed by atoms with Crippen molar-refractivity contribution in [1.82, 2.24) is 20.7 Å². The second-order valence-corrected chi connectivity index (χ2v) is 8.15. The zero-order valence-electron chi connectivity index (χ0n) is 16.5. The molecule has 3 rings (SSSR count). The highest BCUT2D eigenvalue weighted by atomic mass is 16.2. The van der Waals surface area contributed by atoms with Gasteiger partial charge in [0.05, 0.1) is 5.52 Å². The van der Waals surface area contributed by atoms with Crippen LogP contribution in [0.25, 0.3) is 10.9 Å². The van der Waals surface area contributed by atoms with Crippen LogP contribution in [-0.4, -0.2) is 40.7 Å². The SMILES string of the molecule is CC(C)(C)C(=O)N1CCC(C(=O)NNC(=O)c2ccc3ccccc3n2)CC1. The third-order valence-electron chi connectivity index (χ3n) is 4.92. The number of carbonyl (C=O) groups is 3. The molecule has 1 aliphatic rings. The molecule has 0 aliphatic carbocycles. The van der Waals surface area contributed by atoms with Crippen LogP contribution in [0.15, 0.2) is 36.4 Å². The monoisotopic (exact) mass is 382 g/mol. The van der Waals surface area contributed by atoms with Gasteiger partial charge in [-0.1, -0.05) is 45.0 Å². The number of fused-ring (bicyclic) bond motifs is 1. The minimum absolute atomic E-state index is 0.0991. The van der Waals surface area contributed by atoms with E-state index < -0.39 is 11.3 Å². The van der Waals surface area contributed by atoms with Gasteiger partial charge >= 0.3 is 0 Å². The third-order valence-corrected chi connectivity index (χ3v) is 4.92. The average molecular weight is 382 g/mol. The number of para-hydroxylation sites is 1. The lowest BCUT2D eigenvalue weighted by molar-refractivity contribution is -0.142. The Morgan fingerprint density at radius 2 is 1.68 bits per heavy atom. The molecular weight excluding hydrogens is 356 g/mol. The molecule has 2 aromatic rings. The van der Waals surface area contributed by atoms with Gasteiger partial charge in [-0.2, -0.15) is 0 Å². The Hall–Kier alpha value is -2.96. The molecule has 7 heteroatoms. The van der Waals surface area contributed by atoms with Gasteiger partial charge in [0.25, 0.3) is 5.91 Å². The topological polar surface area (TPSA) is 91.4 Å². The van der Waals surface area contributed by atoms with E-state index >= 15 is 0 Å². The van der Waals surface area contributed by atoms with E-state index in [0.29, 0.717) is 25.9 Å². The van der Waals surface area contributed by atoms with Crippen molar-refractivity contribution in [3.63, 3.8) is 0 Å². The molecule has 1 aromatic heterocycles. The van der Waals surface area contributed by atoms with Gasteiger partial charge in [-0.15, -0.1) is 0 Å². The number of hydrazine groups is 1. The summed E-state index contributed by atoms with van der Waals surface area (Å²) in [5.74, 6) is -0.827. The van der Waals surface area contributed by atoms with E-state index in [1.54, 1.807) is 11.0 Å². The lowest BCUT2D eigenvalue weighted by atomic mass is 9.91. The van der Waals surface area contributed by atoms with Crippen molar-refractivity contribution in [3.8, 4) is 0 Å². The van der Waals surface area contributed by atoms with Crippen molar-refractivity contribution in [1.29, 1.82) is 0 Å². The minimum atomic E-state index is -0.459. The molecule has 0 unspecified atom stereocenters. The summed E-state index contributed by atoms with van der Waals surface area (Å²) < 4.78 is 0. The van der Waals surface area contributed by atoms with E-state index in [1.807, 2.05) is 51.1 Å². The summed E-state index contributed by atoms with van der Waals surface area (Å²) in [4.78, 5) is 43.1. The molecule has 148 valence electrons. The number of rotatable bonds is 2. The fourth-order valence-electron chi connectivity index (χ4n) is 3.30. The average Bonchev–Trinajstić information content (AvgIpc) is 2.70. The molecule has 3 amide bonds. The highest BCUT2D eigenvalue weighted by molar-refractivity contribution is 5.96. The third kappa shape index (κ3) is 4.47. The van der Waals surface area contributed by atoms with Crippen molar-refractivity contribution >= 4 is 28.6 Å². The summed E-state index contributed by atoms with van der Waals surface area (Å²) >= 11 is 0. The van der Waals surface area contributed by atoms with Crippen LogP contribution in [0.3, 0.4) is 0 Å². The molecule has 0 radical (unpaired) electrons. The van der Waals surface area contributed by atoms with Crippen LogP contribution in [0.1, 0.15) is 44.1 Å². The van der Waals surface area contributed by atoms with Crippen LogP contribution in [0.5, 0.6) is 0 Å². The van der Waals surface area contributed by atoms with Gasteiger partial charge in [-0.25, -0.2) is 4.98 Å². The molecule has 0 atom stereocenters. The Morgan fingerprint density at radius 1 is 1.00 bits per heavy atom. The van der Waals surface area contributed by atoms with Crippen molar-refractivity contribution in [2.75, 3.05) is 13.1 Å². The second kappa shape index (κ2) is 7.96. The van der Waals surface area contributed by atoms with Crippen LogP contribution < -0.4 is 10.9 Å². The first-order valence-electron chi connectivity index (χ1n) is 9.51. The summed E-state index contributed by atoms with van der Waals surface area (Å²) in [6.07, 6.45) is 1.16. The second-order valence-electron chi connectivity index (χ2n) is 8.15. The molecule has 1 fully saturated rings. The molecule has 0 saturated carbocycles. The maximum absolute atomic E-state index is 12.4. The van der Waals surface area contributed by atoms with Gasteiger partial charge in [0.15, 0.2) is 0 Å². The number of hydrogen-bond acceptors (Lipinski definition) is 4. The van der Waals surface area contributed by atoms with Crippen LogP contribution >= 0.6 is 0 Å². The van der Waals surface area contributed by atoms with Crippen molar-refractivity contribution < 1.29 is 14.4 Å². The van der Waals surface area contributed by atoms with Crippen molar-refractivity contribution in [3.05, 3.63) is 42.1 Å². The zero-order chi connectivity index (χ0) is 20.3. The van der Waals surface area contributed by atoms with Gasteiger partial charge in [0, 0.05) is 29.8 Å². The Balaban J connectivity index is 1.51. The number of aromatic nitrogens is 1. The lowest BCUT2D eigenvalue weighted by Crippen LogP contribution is -2.49. The van der Waals surface area contributed by atoms with Gasteiger partial charge < -0.3 is 4.90 Å². The quantitative estimate of drug-likeness (QED) is 0.780. The Kier molecular flexibility index (Phi) is 5.63. The fourth-order valence-corrected chi connectivity index (χ4v) is 3.30. The van der Waals surface area contributed by atoms with Crippen LogP contribution in [0.2, 0.25) is 0 Å². The molecule has 0 bridgehead atoms. The Labute approximate surface area is 164 Å². The number of amides is 3. The van der Waals surface area contributed by atoms with E-state index in [0.717, 1.165) is 10.9 Å². The predicted molar refractivity (Wildman–Crippen MR) is 106 cm³/mol. The summed E-state index contributed by atoms with van der Waals surface area (Å²) in [7, 11) is 0. The molecule has 7 nitrogen and oxygen atoms in total. The molecule has 1 aliphatic heterocycles. The number of benzene rings is 1. The summed E-state index contributed by atoms with van der Waals surface area (Å²) in [5, 5.41) is 0.944. The Morgan fingerprint density at radius 3 is 2.36 bits per heavy atom. The predicted octanol–water partition coefficient (Wildman–Crippen LogP) is 2.28. The molecular formula is C21H26N4O3. The highest BCUT2D eigenvalue weighted by Gasteiger charge is 2.32. The first-order valence-corrected chi connectivity index (χ1v) is 9.51. The maximum atomic E-state index is 12.4. The van der Waals surface area contributed by atoms with E-state index in [1.165, 1.54) is 0 Å². The van der Waals surface area contributed by atoms with Crippen LogP contribution in [0, 0.1) is 11.3 Å². The van der Waals surface area contributed by atoms with Gasteiger partial charge in [0.1, 0.15) is 5.69 Å². The molecule has 28 heavy (non-hydrogen) atoms. The van der Waals surface area contributed by atoms with Crippen LogP contribution in [0.4, 0.5) is 0 Å². The normalized spacial score (nSPS) is 15.3. The van der Waals surface area contributed by atoms with Crippen molar-refractivity contribution in [2.24, 2.45) is 11.3 Å². The van der Waals surface area contributed by atoms with Gasteiger partial charge in [-0.3, -0.25) is 25.2 Å². The van der Waals surface area contributed by atoms with Crippen LogP contribution in [-0.2, 0) is 9.59 Å². The fraction of sp³-hybridized carbons (Fsp3) is 0.429. The summed E-state index contributed by atoms with van der Waals surface area (Å²) in [6, 6.07) is 11.0. The number of hydrogen-bond donors (Lipinski definition) is 2. The molecule has 1 saturated heterocycles. The van der Waals surface area contributed by atoms with Gasteiger partial charge in [-0.05, 0) is 25.0 Å². The molecule has 2 heterocycles. The number of carbonyl (C=O) groups excluding carboxylic acids is 3. The lowest BCUT2D eigenvalue weighted by Gasteiger charge is -2.35. The smallest absolute Gasteiger partial charge is 0.288 e. The van der Waals surface area contributed by atoms with E-state index in [4.69, 9.17) is 0 Å². The summed E-state index contributed by atoms with van der Waals surface area (Å²) in [6.45, 7) is 6.78. The number of likely N-dealkylation sites (tertiary alicyclic amines) is 1. The number of nitrogens with zero attached hydrogens (tertiary/aromatic N) is 2. The number of piperidine rings is 1. The zero-order valence-corrected chi connectivity index (χ0v) is 16.5. The number of pyridine rings is 1. The molecule has 2 N–H and O–H groups in total. The minimum Gasteiger partial charge on any atom is -0.342 e. The highest BCUT2D eigenvalue weighted by Crippen LogP contribution is 2.23. The number of nitrogens with one attached hydrogen (secondary N) is 2. The maximum Gasteiger partial charge on any atom is 0.288 e. The standard InChI is InChI=1S/C21H26N4O3/c1-21(2,3)20(28)25-12-10-15(11-13-25)18(26)23-24-19(27)17-9-8-14-6-4-5-7-16(14)22-17/h4-9,15H,10-13H2,1-3H3,(H,23,26)(H,24,27). The van der Waals surface area contributed by atoms with E-state index in [-0.39, 0.29) is 23.4 Å². The molecule has 0 spiro atoms. The first kappa shape index (κ1) is 19.8. The van der Waals surface area contributed by atoms with E-state index in [9.17, 15) is 14.4 Å². The van der Waals surface area contributed by atoms with E-state index in [2.05, 4.69) is 15.8 Å². The van der Waals surface area contributed by atoms with Gasteiger partial charge in [0.2, 0.25) is 11.8 Å². The first-order chi connectivity index (χ1) is 13.3. The summed E-state index contributed by atoms with van der Waals surface area (Å²) in [5.41, 5.74) is 5.47. The largest absolute Gasteiger partial charge is 0.342 e. The Bertz CT molecular complexity index is 896.